The van der Waals surface area contributed by atoms with Crippen LogP contribution in [0.4, 0.5) is 5.69 Å². The van der Waals surface area contributed by atoms with Crippen LogP contribution in [0.25, 0.3) is 0 Å². The van der Waals surface area contributed by atoms with E-state index in [0.29, 0.717) is 36.7 Å². The van der Waals surface area contributed by atoms with Gasteiger partial charge in [0.25, 0.3) is 5.91 Å². The van der Waals surface area contributed by atoms with Crippen molar-refractivity contribution in [3.63, 3.8) is 0 Å². The quantitative estimate of drug-likeness (QED) is 0.604. The standard InChI is InChI=1S/C23H30N4O5S/c1-4-32-20-9-11-21(12-10-20)33(30,31)25-17(2)22(28)24-19-7-5-18(6-8-19)23(29)27-15-13-26(3)14-16-27/h5-12,17,25H,4,13-16H2,1-3H3,(H,24,28)/t17-/m1/s1. The molecule has 0 aliphatic carbocycles. The lowest BCUT2D eigenvalue weighted by atomic mass is 10.1. The summed E-state index contributed by atoms with van der Waals surface area (Å²) in [7, 11) is -1.86. The highest BCUT2D eigenvalue weighted by atomic mass is 32.2. The molecule has 0 radical (unpaired) electrons. The lowest BCUT2D eigenvalue weighted by Gasteiger charge is -2.32. The third-order valence-corrected chi connectivity index (χ3v) is 6.92. The van der Waals surface area contributed by atoms with E-state index in [-0.39, 0.29) is 10.8 Å². The smallest absolute Gasteiger partial charge is 0.253 e. The van der Waals surface area contributed by atoms with Gasteiger partial charge in [0.1, 0.15) is 5.75 Å². The summed E-state index contributed by atoms with van der Waals surface area (Å²) in [5.74, 6) is 0.0110. The third-order valence-electron chi connectivity index (χ3n) is 5.36. The minimum Gasteiger partial charge on any atom is -0.494 e. The molecule has 3 rings (SSSR count). The summed E-state index contributed by atoms with van der Waals surface area (Å²) >= 11 is 0. The van der Waals surface area contributed by atoms with Crippen molar-refractivity contribution in [2.45, 2.75) is 24.8 Å². The van der Waals surface area contributed by atoms with Crippen LogP contribution < -0.4 is 14.8 Å². The fourth-order valence-electron chi connectivity index (χ4n) is 3.37. The van der Waals surface area contributed by atoms with Crippen LogP contribution in [-0.4, -0.2) is 75.9 Å². The second-order valence-electron chi connectivity index (χ2n) is 7.91. The molecule has 1 aliphatic rings. The van der Waals surface area contributed by atoms with E-state index in [1.807, 2.05) is 18.9 Å². The first kappa shape index (κ1) is 24.7. The molecule has 2 aromatic rings. The first-order chi connectivity index (χ1) is 15.7. The van der Waals surface area contributed by atoms with Gasteiger partial charge in [-0.3, -0.25) is 9.59 Å². The molecule has 0 spiro atoms. The Kier molecular flexibility index (Phi) is 8.06. The number of hydrogen-bond acceptors (Lipinski definition) is 6. The highest BCUT2D eigenvalue weighted by molar-refractivity contribution is 7.89. The molecule has 33 heavy (non-hydrogen) atoms. The Bertz CT molecular complexity index is 1060. The number of carbonyl (C=O) groups excluding carboxylic acids is 2. The molecule has 178 valence electrons. The summed E-state index contributed by atoms with van der Waals surface area (Å²) in [6.07, 6.45) is 0. The number of nitrogens with one attached hydrogen (secondary N) is 2. The molecule has 0 unspecified atom stereocenters. The van der Waals surface area contributed by atoms with Gasteiger partial charge in [0.2, 0.25) is 15.9 Å². The van der Waals surface area contributed by atoms with Crippen LogP contribution >= 0.6 is 0 Å². The van der Waals surface area contributed by atoms with Crippen molar-refractivity contribution < 1.29 is 22.7 Å². The number of amides is 2. The van der Waals surface area contributed by atoms with Gasteiger partial charge in [-0.1, -0.05) is 0 Å². The van der Waals surface area contributed by atoms with Crippen molar-refractivity contribution in [2.75, 3.05) is 45.2 Å². The number of ether oxygens (including phenoxy) is 1. The molecule has 1 fully saturated rings. The number of sulfonamides is 1. The number of likely N-dealkylation sites (N-methyl/N-ethyl adjacent to an activating group) is 1. The summed E-state index contributed by atoms with van der Waals surface area (Å²) in [5, 5.41) is 2.68. The molecule has 2 amide bonds. The van der Waals surface area contributed by atoms with Crippen LogP contribution in [0.5, 0.6) is 5.75 Å². The van der Waals surface area contributed by atoms with Crippen molar-refractivity contribution >= 4 is 27.5 Å². The van der Waals surface area contributed by atoms with E-state index in [9.17, 15) is 18.0 Å². The summed E-state index contributed by atoms with van der Waals surface area (Å²) in [6, 6.07) is 11.6. The third kappa shape index (κ3) is 6.53. The highest BCUT2D eigenvalue weighted by Crippen LogP contribution is 2.17. The van der Waals surface area contributed by atoms with E-state index in [2.05, 4.69) is 14.9 Å². The fraction of sp³-hybridized carbons (Fsp3) is 0.391. The monoisotopic (exact) mass is 474 g/mol. The molecule has 0 bridgehead atoms. The summed E-state index contributed by atoms with van der Waals surface area (Å²) in [6.45, 7) is 6.82. The van der Waals surface area contributed by atoms with Gasteiger partial charge in [0, 0.05) is 37.4 Å². The molecule has 0 aromatic heterocycles. The second kappa shape index (κ2) is 10.8. The lowest BCUT2D eigenvalue weighted by Crippen LogP contribution is -2.47. The van der Waals surface area contributed by atoms with E-state index in [1.54, 1.807) is 36.4 Å². The lowest BCUT2D eigenvalue weighted by molar-refractivity contribution is -0.117. The van der Waals surface area contributed by atoms with E-state index in [0.717, 1.165) is 13.1 Å². The van der Waals surface area contributed by atoms with Crippen molar-refractivity contribution in [1.82, 2.24) is 14.5 Å². The van der Waals surface area contributed by atoms with Gasteiger partial charge in [0.05, 0.1) is 17.5 Å². The molecule has 1 heterocycles. The number of hydrogen-bond donors (Lipinski definition) is 2. The second-order valence-corrected chi connectivity index (χ2v) is 9.62. The number of piperazine rings is 1. The zero-order valence-electron chi connectivity index (χ0n) is 19.1. The van der Waals surface area contributed by atoms with E-state index in [4.69, 9.17) is 4.74 Å². The first-order valence-corrected chi connectivity index (χ1v) is 12.3. The maximum absolute atomic E-state index is 12.6. The van der Waals surface area contributed by atoms with Crippen molar-refractivity contribution in [3.05, 3.63) is 54.1 Å². The fourth-order valence-corrected chi connectivity index (χ4v) is 4.58. The summed E-state index contributed by atoms with van der Waals surface area (Å²) < 4.78 is 32.9. The van der Waals surface area contributed by atoms with Crippen LogP contribution in [0.15, 0.2) is 53.4 Å². The Balaban J connectivity index is 1.57. The molecule has 2 N–H and O–H groups in total. The van der Waals surface area contributed by atoms with E-state index < -0.39 is 22.0 Å². The number of anilines is 1. The van der Waals surface area contributed by atoms with E-state index in [1.165, 1.54) is 19.1 Å². The first-order valence-electron chi connectivity index (χ1n) is 10.8. The Labute approximate surface area is 194 Å². The molecule has 10 heteroatoms. The normalized spacial score (nSPS) is 15.7. The summed E-state index contributed by atoms with van der Waals surface area (Å²) in [5.41, 5.74) is 1.02. The Morgan fingerprint density at radius 3 is 2.18 bits per heavy atom. The Morgan fingerprint density at radius 2 is 1.61 bits per heavy atom. The molecule has 1 atom stereocenters. The zero-order chi connectivity index (χ0) is 24.0. The number of nitrogens with zero attached hydrogens (tertiary/aromatic N) is 2. The maximum Gasteiger partial charge on any atom is 0.253 e. The number of benzene rings is 2. The number of carbonyl (C=O) groups is 2. The summed E-state index contributed by atoms with van der Waals surface area (Å²) in [4.78, 5) is 29.2. The van der Waals surface area contributed by atoms with Crippen LogP contribution in [0.2, 0.25) is 0 Å². The van der Waals surface area contributed by atoms with Gasteiger partial charge in [-0.05, 0) is 69.4 Å². The predicted octanol–water partition coefficient (Wildman–Crippen LogP) is 1.78. The number of rotatable bonds is 8. The predicted molar refractivity (Wildman–Crippen MR) is 126 cm³/mol. The Morgan fingerprint density at radius 1 is 1.00 bits per heavy atom. The minimum atomic E-state index is -3.88. The van der Waals surface area contributed by atoms with E-state index >= 15 is 0 Å². The molecule has 9 nitrogen and oxygen atoms in total. The van der Waals surface area contributed by atoms with Gasteiger partial charge in [-0.15, -0.1) is 0 Å². The molecule has 1 saturated heterocycles. The molecular formula is C23H30N4O5S. The van der Waals surface area contributed by atoms with Crippen molar-refractivity contribution in [1.29, 1.82) is 0 Å². The Hall–Kier alpha value is -2.95. The maximum atomic E-state index is 12.6. The van der Waals surface area contributed by atoms with Gasteiger partial charge in [0.15, 0.2) is 0 Å². The van der Waals surface area contributed by atoms with Gasteiger partial charge in [-0.25, -0.2) is 8.42 Å². The van der Waals surface area contributed by atoms with Crippen LogP contribution in [-0.2, 0) is 14.8 Å². The largest absolute Gasteiger partial charge is 0.494 e. The van der Waals surface area contributed by atoms with Crippen molar-refractivity contribution in [3.8, 4) is 5.75 Å². The average molecular weight is 475 g/mol. The zero-order valence-corrected chi connectivity index (χ0v) is 19.9. The van der Waals surface area contributed by atoms with Crippen molar-refractivity contribution in [2.24, 2.45) is 0 Å². The topological polar surface area (TPSA) is 108 Å². The highest BCUT2D eigenvalue weighted by Gasteiger charge is 2.23. The molecule has 2 aromatic carbocycles. The SMILES string of the molecule is CCOc1ccc(S(=O)(=O)N[C@H](C)C(=O)Nc2ccc(C(=O)N3CCN(C)CC3)cc2)cc1. The molecule has 1 aliphatic heterocycles. The molecular weight excluding hydrogens is 444 g/mol. The van der Waals surface area contributed by atoms with Gasteiger partial charge >= 0.3 is 0 Å². The molecule has 0 saturated carbocycles. The average Bonchev–Trinajstić information content (AvgIpc) is 2.80. The minimum absolute atomic E-state index is 0.0392. The van der Waals surface area contributed by atoms with Crippen LogP contribution in [0, 0.1) is 0 Å². The van der Waals surface area contributed by atoms with Crippen LogP contribution in [0.3, 0.4) is 0 Å². The van der Waals surface area contributed by atoms with Crippen LogP contribution in [0.1, 0.15) is 24.2 Å². The van der Waals surface area contributed by atoms with Gasteiger partial charge in [-0.2, -0.15) is 4.72 Å². The van der Waals surface area contributed by atoms with Gasteiger partial charge < -0.3 is 19.9 Å².